The molecule has 136 valence electrons. The number of ether oxygens (including phenoxy) is 1. The molecule has 0 spiro atoms. The highest BCUT2D eigenvalue weighted by Gasteiger charge is 2.37. The normalized spacial score (nSPS) is 20.8. The summed E-state index contributed by atoms with van der Waals surface area (Å²) >= 11 is 0. The van der Waals surface area contributed by atoms with Crippen LogP contribution in [0.1, 0.15) is 30.5 Å². The molecule has 2 aliphatic heterocycles. The molecule has 0 fully saturated rings. The fraction of sp³-hybridized carbons (Fsp3) is 0.217. The van der Waals surface area contributed by atoms with Crippen molar-refractivity contribution in [2.24, 2.45) is 4.99 Å². The van der Waals surface area contributed by atoms with E-state index < -0.39 is 5.97 Å². The second-order valence-electron chi connectivity index (χ2n) is 7.48. The van der Waals surface area contributed by atoms with Crippen molar-refractivity contribution < 1.29 is 9.53 Å². The molecule has 2 aromatic rings. The van der Waals surface area contributed by atoms with Gasteiger partial charge in [0, 0.05) is 29.4 Å². The lowest BCUT2D eigenvalue weighted by atomic mass is 9.84. The van der Waals surface area contributed by atoms with Gasteiger partial charge in [0.05, 0.1) is 0 Å². The molecule has 4 rings (SSSR count). The van der Waals surface area contributed by atoms with Crippen molar-refractivity contribution in [3.63, 3.8) is 0 Å². The van der Waals surface area contributed by atoms with E-state index >= 15 is 0 Å². The van der Waals surface area contributed by atoms with Gasteiger partial charge in [-0.05, 0) is 42.8 Å². The highest BCUT2D eigenvalue weighted by atomic mass is 16.6. The van der Waals surface area contributed by atoms with Gasteiger partial charge in [0.15, 0.2) is 5.70 Å². The zero-order valence-corrected chi connectivity index (χ0v) is 16.0. The van der Waals surface area contributed by atoms with E-state index in [4.69, 9.17) is 4.74 Å². The Morgan fingerprint density at radius 2 is 1.74 bits per heavy atom. The van der Waals surface area contributed by atoms with Crippen LogP contribution in [0.2, 0.25) is 0 Å². The Morgan fingerprint density at radius 1 is 1.04 bits per heavy atom. The number of nitrogens with zero attached hydrogens (tertiary/aromatic N) is 2. The van der Waals surface area contributed by atoms with Gasteiger partial charge in [-0.15, -0.1) is 0 Å². The minimum atomic E-state index is -0.418. The van der Waals surface area contributed by atoms with Crippen LogP contribution in [0.4, 0.5) is 5.69 Å². The number of esters is 1. The molecule has 0 aromatic heterocycles. The lowest BCUT2D eigenvalue weighted by molar-refractivity contribution is -0.130. The SMILES string of the molecule is Cc1ccc(C2=NC(=CC=C3N(C)c4ccccc4C3(C)C)C(=O)O2)cc1. The number of allylic oxidation sites excluding steroid dienone is 3. The van der Waals surface area contributed by atoms with E-state index in [2.05, 4.69) is 41.9 Å². The van der Waals surface area contributed by atoms with Crippen LogP contribution in [-0.4, -0.2) is 18.9 Å². The van der Waals surface area contributed by atoms with Crippen molar-refractivity contribution >= 4 is 17.6 Å². The first-order valence-corrected chi connectivity index (χ1v) is 9.01. The van der Waals surface area contributed by atoms with Crippen LogP contribution in [0.3, 0.4) is 0 Å². The molecule has 27 heavy (non-hydrogen) atoms. The van der Waals surface area contributed by atoms with Crippen molar-refractivity contribution in [3.05, 3.63) is 88.8 Å². The summed E-state index contributed by atoms with van der Waals surface area (Å²) in [5.74, 6) is -0.0645. The largest absolute Gasteiger partial charge is 0.402 e. The molecule has 0 radical (unpaired) electrons. The molecular weight excluding hydrogens is 336 g/mol. The van der Waals surface area contributed by atoms with Crippen molar-refractivity contribution in [2.45, 2.75) is 26.2 Å². The topological polar surface area (TPSA) is 41.9 Å². The molecule has 0 N–H and O–H groups in total. The van der Waals surface area contributed by atoms with Crippen molar-refractivity contribution in [2.75, 3.05) is 11.9 Å². The third kappa shape index (κ3) is 2.87. The van der Waals surface area contributed by atoms with Gasteiger partial charge in [-0.3, -0.25) is 0 Å². The third-order valence-corrected chi connectivity index (χ3v) is 5.26. The summed E-state index contributed by atoms with van der Waals surface area (Å²) in [5.41, 5.74) is 5.70. The average molecular weight is 358 g/mol. The molecule has 4 heteroatoms. The van der Waals surface area contributed by atoms with Crippen LogP contribution >= 0.6 is 0 Å². The molecule has 0 atom stereocenters. The van der Waals surface area contributed by atoms with Gasteiger partial charge in [0.1, 0.15) is 0 Å². The smallest absolute Gasteiger partial charge is 0.363 e. The van der Waals surface area contributed by atoms with Gasteiger partial charge in [0.25, 0.3) is 0 Å². The van der Waals surface area contributed by atoms with Crippen molar-refractivity contribution in [1.29, 1.82) is 0 Å². The number of cyclic esters (lactones) is 1. The fourth-order valence-corrected chi connectivity index (χ4v) is 3.70. The summed E-state index contributed by atoms with van der Waals surface area (Å²) in [6, 6.07) is 16.1. The second kappa shape index (κ2) is 6.23. The zero-order valence-electron chi connectivity index (χ0n) is 16.0. The summed E-state index contributed by atoms with van der Waals surface area (Å²) in [7, 11) is 2.05. The molecule has 0 saturated heterocycles. The Kier molecular flexibility index (Phi) is 3.99. The molecule has 0 bridgehead atoms. The van der Waals surface area contributed by atoms with E-state index in [0.29, 0.717) is 11.6 Å². The number of aliphatic imine (C=N–C) groups is 1. The number of fused-ring (bicyclic) bond motifs is 1. The number of hydrogen-bond donors (Lipinski definition) is 0. The lowest BCUT2D eigenvalue weighted by Crippen LogP contribution is -2.22. The molecule has 2 heterocycles. The van der Waals surface area contributed by atoms with Gasteiger partial charge in [0.2, 0.25) is 5.90 Å². The van der Waals surface area contributed by atoms with Crippen LogP contribution in [0.25, 0.3) is 0 Å². The van der Waals surface area contributed by atoms with Gasteiger partial charge in [-0.2, -0.15) is 0 Å². The predicted octanol–water partition coefficient (Wildman–Crippen LogP) is 4.49. The summed E-state index contributed by atoms with van der Waals surface area (Å²) in [5, 5.41) is 0. The van der Waals surface area contributed by atoms with Crippen molar-refractivity contribution in [1.82, 2.24) is 0 Å². The standard InChI is InChI=1S/C23H22N2O2/c1-15-9-11-16(12-10-15)21-24-18(22(26)27-21)13-14-20-23(2,3)17-7-5-6-8-19(17)25(20)4/h5-14H,1-4H3. The van der Waals surface area contributed by atoms with E-state index in [0.717, 1.165) is 16.8 Å². The highest BCUT2D eigenvalue weighted by Crippen LogP contribution is 2.46. The number of carbonyl (C=O) groups is 1. The van der Waals surface area contributed by atoms with E-state index in [9.17, 15) is 4.79 Å². The third-order valence-electron chi connectivity index (χ3n) is 5.26. The average Bonchev–Trinajstić information content (AvgIpc) is 3.11. The summed E-state index contributed by atoms with van der Waals surface area (Å²) in [4.78, 5) is 18.8. The van der Waals surface area contributed by atoms with Gasteiger partial charge >= 0.3 is 5.97 Å². The van der Waals surface area contributed by atoms with E-state index in [1.165, 1.54) is 11.3 Å². The summed E-state index contributed by atoms with van der Waals surface area (Å²) in [6.45, 7) is 6.39. The number of aryl methyl sites for hydroxylation is 1. The number of para-hydroxylation sites is 1. The molecule has 2 aliphatic rings. The Labute approximate surface area is 159 Å². The molecular formula is C23H22N2O2. The second-order valence-corrected chi connectivity index (χ2v) is 7.48. The van der Waals surface area contributed by atoms with Gasteiger partial charge in [-0.1, -0.05) is 49.7 Å². The number of carbonyl (C=O) groups excluding carboxylic acids is 1. The molecule has 0 amide bonds. The first kappa shape index (κ1) is 17.3. The van der Waals surface area contributed by atoms with Crippen LogP contribution < -0.4 is 4.90 Å². The molecule has 0 saturated carbocycles. The minimum Gasteiger partial charge on any atom is -0.402 e. The van der Waals surface area contributed by atoms with Gasteiger partial charge in [-0.25, -0.2) is 9.79 Å². The molecule has 0 aliphatic carbocycles. The number of benzene rings is 2. The monoisotopic (exact) mass is 358 g/mol. The first-order valence-electron chi connectivity index (χ1n) is 9.01. The Hall–Kier alpha value is -3.14. The Balaban J connectivity index is 1.68. The molecule has 4 nitrogen and oxygen atoms in total. The first-order chi connectivity index (χ1) is 12.9. The van der Waals surface area contributed by atoms with Crippen LogP contribution in [-0.2, 0) is 14.9 Å². The number of anilines is 1. The van der Waals surface area contributed by atoms with E-state index in [1.54, 1.807) is 6.08 Å². The minimum absolute atomic E-state index is 0.144. The number of rotatable bonds is 2. The zero-order chi connectivity index (χ0) is 19.2. The molecule has 0 unspecified atom stereocenters. The van der Waals surface area contributed by atoms with E-state index in [-0.39, 0.29) is 5.41 Å². The van der Waals surface area contributed by atoms with Crippen LogP contribution in [0.15, 0.2) is 77.1 Å². The number of likely N-dealkylation sites (N-methyl/N-ethyl adjacent to an activating group) is 1. The maximum Gasteiger partial charge on any atom is 0.363 e. The highest BCUT2D eigenvalue weighted by molar-refractivity contribution is 6.11. The molecule has 2 aromatic carbocycles. The van der Waals surface area contributed by atoms with E-state index in [1.807, 2.05) is 50.4 Å². The Morgan fingerprint density at radius 3 is 2.44 bits per heavy atom. The summed E-state index contributed by atoms with van der Waals surface area (Å²) < 4.78 is 5.36. The van der Waals surface area contributed by atoms with Gasteiger partial charge < -0.3 is 9.64 Å². The maximum absolute atomic E-state index is 12.2. The Bertz CT molecular complexity index is 1010. The fourth-order valence-electron chi connectivity index (χ4n) is 3.70. The maximum atomic E-state index is 12.2. The summed E-state index contributed by atoms with van der Waals surface area (Å²) in [6.07, 6.45) is 3.72. The predicted molar refractivity (Wildman–Crippen MR) is 108 cm³/mol. The number of hydrogen-bond acceptors (Lipinski definition) is 4. The van der Waals surface area contributed by atoms with Crippen LogP contribution in [0, 0.1) is 6.92 Å². The lowest BCUT2D eigenvalue weighted by Gasteiger charge is -2.23. The van der Waals surface area contributed by atoms with Crippen LogP contribution in [0.5, 0.6) is 0 Å². The van der Waals surface area contributed by atoms with Crippen molar-refractivity contribution in [3.8, 4) is 0 Å². The quantitative estimate of drug-likeness (QED) is 0.587.